The predicted octanol–water partition coefficient (Wildman–Crippen LogP) is 2.64. The Labute approximate surface area is 223 Å². The summed E-state index contributed by atoms with van der Waals surface area (Å²) < 4.78 is 71.3. The van der Waals surface area contributed by atoms with Gasteiger partial charge in [-0.05, 0) is 31.4 Å². The van der Waals surface area contributed by atoms with Crippen LogP contribution >= 0.6 is 0 Å². The zero-order chi connectivity index (χ0) is 30.1. The maximum atomic E-state index is 12.4. The van der Waals surface area contributed by atoms with Crippen LogP contribution in [0.5, 0.6) is 0 Å². The predicted molar refractivity (Wildman–Crippen MR) is 124 cm³/mol. The molecule has 4 rings (SSSR count). The number of ether oxygens (including phenoxy) is 1. The van der Waals surface area contributed by atoms with Crippen molar-refractivity contribution in [2.45, 2.75) is 49.8 Å². The molecular formula is C23H27F6N5O6. The molecule has 11 nitrogen and oxygen atoms in total. The number of likely N-dealkylation sites (tertiary alicyclic amines) is 1. The molecular weight excluding hydrogens is 556 g/mol. The monoisotopic (exact) mass is 583 g/mol. The van der Waals surface area contributed by atoms with Crippen molar-refractivity contribution in [2.24, 2.45) is 7.05 Å². The Morgan fingerprint density at radius 2 is 1.75 bits per heavy atom. The summed E-state index contributed by atoms with van der Waals surface area (Å²) in [5.41, 5.74) is 1.54. The van der Waals surface area contributed by atoms with Gasteiger partial charge >= 0.3 is 24.3 Å². The molecule has 2 saturated heterocycles. The third kappa shape index (κ3) is 10.4. The number of aliphatic carboxylic acids is 2. The van der Waals surface area contributed by atoms with Crippen molar-refractivity contribution in [2.75, 3.05) is 19.7 Å². The normalized spacial score (nSPS) is 21.0. The molecule has 0 radical (unpaired) electrons. The molecule has 2 aromatic rings. The molecule has 2 aliphatic rings. The number of nitrogens with one attached hydrogen (secondary N) is 1. The molecule has 2 atom stereocenters. The van der Waals surface area contributed by atoms with Gasteiger partial charge in [0, 0.05) is 51.7 Å². The van der Waals surface area contributed by atoms with E-state index < -0.39 is 24.3 Å². The van der Waals surface area contributed by atoms with Gasteiger partial charge in [0.2, 0.25) is 0 Å². The zero-order valence-corrected chi connectivity index (χ0v) is 21.1. The van der Waals surface area contributed by atoms with Crippen molar-refractivity contribution in [1.82, 2.24) is 25.0 Å². The first kappa shape index (κ1) is 32.5. The second-order valence-corrected chi connectivity index (χ2v) is 8.98. The smallest absolute Gasteiger partial charge is 0.475 e. The van der Waals surface area contributed by atoms with Crippen molar-refractivity contribution in [3.8, 4) is 0 Å². The lowest BCUT2D eigenvalue weighted by Crippen LogP contribution is -2.49. The minimum atomic E-state index is -5.08. The number of carboxylic acids is 2. The maximum Gasteiger partial charge on any atom is 0.490 e. The number of nitrogens with zero attached hydrogens (tertiary/aromatic N) is 4. The van der Waals surface area contributed by atoms with Gasteiger partial charge in [0.1, 0.15) is 0 Å². The summed E-state index contributed by atoms with van der Waals surface area (Å²) >= 11 is 0. The van der Waals surface area contributed by atoms with E-state index in [0.717, 1.165) is 44.6 Å². The summed E-state index contributed by atoms with van der Waals surface area (Å²) in [5, 5.41) is 21.5. The van der Waals surface area contributed by atoms with Crippen molar-refractivity contribution in [3.63, 3.8) is 0 Å². The Bertz CT molecular complexity index is 1120. The summed E-state index contributed by atoms with van der Waals surface area (Å²) in [5.74, 6) is -5.57. The average molecular weight is 583 g/mol. The van der Waals surface area contributed by atoms with Crippen molar-refractivity contribution in [1.29, 1.82) is 0 Å². The number of hydrogen-bond donors (Lipinski definition) is 3. The molecule has 2 fully saturated rings. The van der Waals surface area contributed by atoms with E-state index in [1.54, 1.807) is 17.1 Å². The molecule has 4 heterocycles. The Kier molecular flexibility index (Phi) is 11.0. The Morgan fingerprint density at radius 3 is 2.25 bits per heavy atom. The van der Waals surface area contributed by atoms with Gasteiger partial charge in [-0.15, -0.1) is 0 Å². The number of carbonyl (C=O) groups excluding carboxylic acids is 1. The highest BCUT2D eigenvalue weighted by atomic mass is 19.4. The number of carbonyl (C=O) groups is 3. The minimum absolute atomic E-state index is 0.0523. The highest BCUT2D eigenvalue weighted by Gasteiger charge is 2.43. The van der Waals surface area contributed by atoms with Crippen LogP contribution in [0.15, 0.2) is 36.8 Å². The van der Waals surface area contributed by atoms with Crippen LogP contribution in [0.1, 0.15) is 35.3 Å². The molecule has 222 valence electrons. The number of aromatic nitrogens is 3. The molecule has 2 aromatic heterocycles. The average Bonchev–Trinajstić information content (AvgIpc) is 3.45. The molecule has 0 saturated carbocycles. The Balaban J connectivity index is 0.000000333. The number of hydrogen-bond acceptors (Lipinski definition) is 7. The summed E-state index contributed by atoms with van der Waals surface area (Å²) in [4.78, 5) is 37.0. The standard InChI is InChI=1S/C19H25N5O2.2C2HF3O2/c1-23-12-15(11-21-23)18(25)22-16-5-9-26-19(10-16)6-8-24(14-19)13-17-4-2-3-7-20-17;2*3-2(4,5)1(6)7/h2-4,7,11-12,16H,5-6,8-10,13-14H2,1H3,(H,22,25);2*(H,6,7)/t16-,19+;;/m0../s1. The van der Waals surface area contributed by atoms with Crippen LogP contribution < -0.4 is 5.32 Å². The van der Waals surface area contributed by atoms with E-state index in [9.17, 15) is 31.1 Å². The summed E-state index contributed by atoms with van der Waals surface area (Å²) in [6, 6.07) is 6.17. The maximum absolute atomic E-state index is 12.4. The molecule has 0 aromatic carbocycles. The molecule has 40 heavy (non-hydrogen) atoms. The fraction of sp³-hybridized carbons (Fsp3) is 0.522. The van der Waals surface area contributed by atoms with Gasteiger partial charge in [0.15, 0.2) is 0 Å². The number of alkyl halides is 6. The Hall–Kier alpha value is -3.73. The van der Waals surface area contributed by atoms with E-state index in [-0.39, 0.29) is 17.6 Å². The molecule has 0 bridgehead atoms. The fourth-order valence-electron chi connectivity index (χ4n) is 4.03. The highest BCUT2D eigenvalue weighted by Crippen LogP contribution is 2.35. The van der Waals surface area contributed by atoms with Gasteiger partial charge < -0.3 is 20.3 Å². The lowest BCUT2D eigenvalue weighted by molar-refractivity contribution is -0.193. The third-order valence-electron chi connectivity index (χ3n) is 5.79. The number of carboxylic acid groups (broad SMARTS) is 2. The van der Waals surface area contributed by atoms with Gasteiger partial charge in [-0.25, -0.2) is 9.59 Å². The van der Waals surface area contributed by atoms with E-state index in [1.807, 2.05) is 25.4 Å². The van der Waals surface area contributed by atoms with Gasteiger partial charge in [0.05, 0.1) is 23.1 Å². The quantitative estimate of drug-likeness (QED) is 0.463. The summed E-state index contributed by atoms with van der Waals surface area (Å²) in [6.07, 6.45) is -2.27. The first-order valence-electron chi connectivity index (χ1n) is 11.7. The van der Waals surface area contributed by atoms with Gasteiger partial charge in [-0.2, -0.15) is 31.4 Å². The van der Waals surface area contributed by atoms with Crippen molar-refractivity contribution < 1.29 is 55.7 Å². The van der Waals surface area contributed by atoms with E-state index in [4.69, 9.17) is 24.5 Å². The first-order valence-corrected chi connectivity index (χ1v) is 11.7. The molecule has 17 heteroatoms. The molecule has 1 amide bonds. The Morgan fingerprint density at radius 1 is 1.12 bits per heavy atom. The first-order chi connectivity index (χ1) is 18.5. The van der Waals surface area contributed by atoms with E-state index in [2.05, 4.69) is 26.4 Å². The molecule has 3 N–H and O–H groups in total. The number of amides is 1. The number of halogens is 6. The highest BCUT2D eigenvalue weighted by molar-refractivity contribution is 5.93. The SMILES string of the molecule is Cn1cc(C(=O)N[C@H]2CCO[C@]3(CCN(Cc4ccccn4)C3)C2)cn1.O=C(O)C(F)(F)F.O=C(O)C(F)(F)F. The van der Waals surface area contributed by atoms with E-state index in [0.29, 0.717) is 12.2 Å². The minimum Gasteiger partial charge on any atom is -0.475 e. The van der Waals surface area contributed by atoms with Crippen LogP contribution in [0.3, 0.4) is 0 Å². The van der Waals surface area contributed by atoms with Gasteiger partial charge in [-0.1, -0.05) is 6.07 Å². The lowest BCUT2D eigenvalue weighted by atomic mass is 9.89. The van der Waals surface area contributed by atoms with Gasteiger partial charge in [-0.3, -0.25) is 19.4 Å². The molecule has 2 aliphatic heterocycles. The topological polar surface area (TPSA) is 147 Å². The molecule has 0 aliphatic carbocycles. The number of rotatable bonds is 4. The summed E-state index contributed by atoms with van der Waals surface area (Å²) in [6.45, 7) is 3.43. The lowest BCUT2D eigenvalue weighted by Gasteiger charge is -2.38. The van der Waals surface area contributed by atoms with Crippen LogP contribution in [0.25, 0.3) is 0 Å². The fourth-order valence-corrected chi connectivity index (χ4v) is 4.03. The summed E-state index contributed by atoms with van der Waals surface area (Å²) in [7, 11) is 1.81. The van der Waals surface area contributed by atoms with Crippen LogP contribution in [0.4, 0.5) is 26.3 Å². The van der Waals surface area contributed by atoms with Crippen LogP contribution in [-0.2, 0) is 27.9 Å². The van der Waals surface area contributed by atoms with E-state index in [1.165, 1.54) is 0 Å². The zero-order valence-electron chi connectivity index (χ0n) is 21.1. The molecule has 1 spiro atoms. The largest absolute Gasteiger partial charge is 0.490 e. The van der Waals surface area contributed by atoms with Gasteiger partial charge in [0.25, 0.3) is 5.91 Å². The van der Waals surface area contributed by atoms with Crippen molar-refractivity contribution in [3.05, 3.63) is 48.0 Å². The van der Waals surface area contributed by atoms with Crippen LogP contribution in [0.2, 0.25) is 0 Å². The second-order valence-electron chi connectivity index (χ2n) is 8.98. The molecule has 0 unspecified atom stereocenters. The number of pyridine rings is 1. The second kappa shape index (κ2) is 13.6. The van der Waals surface area contributed by atoms with E-state index >= 15 is 0 Å². The van der Waals surface area contributed by atoms with Crippen LogP contribution in [0, 0.1) is 0 Å². The van der Waals surface area contributed by atoms with Crippen molar-refractivity contribution >= 4 is 17.8 Å². The van der Waals surface area contributed by atoms with Crippen LogP contribution in [-0.4, -0.2) is 91.4 Å². The number of aryl methyl sites for hydroxylation is 1. The third-order valence-corrected chi connectivity index (χ3v) is 5.79.